The molecule has 0 bridgehead atoms. The summed E-state index contributed by atoms with van der Waals surface area (Å²) in [5, 5.41) is 3.03. The van der Waals surface area contributed by atoms with E-state index in [9.17, 15) is 31.1 Å². The van der Waals surface area contributed by atoms with Gasteiger partial charge in [-0.05, 0) is 79.3 Å². The number of alkyl carbamates (subject to hydrolysis) is 1. The number of amides is 1. The van der Waals surface area contributed by atoms with E-state index in [1.807, 2.05) is 48.5 Å². The molecule has 0 radical (unpaired) electrons. The van der Waals surface area contributed by atoms with Crippen molar-refractivity contribution in [3.63, 3.8) is 0 Å². The SMILES string of the molecule is C[C@@H](CC[C@@](CCCC1OCCCO1)(NC(=O)OCc1ccccc1)c1ccccc1)c1cc(C(F)(F)F)cc(C(F)(F)F)c1. The molecule has 2 atom stereocenters. The lowest BCUT2D eigenvalue weighted by atomic mass is 9.78. The Morgan fingerprint density at radius 2 is 1.42 bits per heavy atom. The Hall–Kier alpha value is -3.57. The average Bonchev–Trinajstić information content (AvgIpc) is 3.03. The van der Waals surface area contributed by atoms with Crippen LogP contribution in [-0.4, -0.2) is 25.6 Å². The van der Waals surface area contributed by atoms with Gasteiger partial charge in [-0.1, -0.05) is 67.6 Å². The van der Waals surface area contributed by atoms with Gasteiger partial charge in [-0.15, -0.1) is 0 Å². The van der Waals surface area contributed by atoms with E-state index in [1.54, 1.807) is 19.1 Å². The molecule has 1 amide bonds. The van der Waals surface area contributed by atoms with Gasteiger partial charge in [0.25, 0.3) is 0 Å². The van der Waals surface area contributed by atoms with Gasteiger partial charge in [0.15, 0.2) is 6.29 Å². The van der Waals surface area contributed by atoms with Crippen LogP contribution in [0.2, 0.25) is 0 Å². The summed E-state index contributed by atoms with van der Waals surface area (Å²) in [5.41, 5.74) is -2.34. The summed E-state index contributed by atoms with van der Waals surface area (Å²) >= 11 is 0. The molecule has 1 N–H and O–H groups in total. The number of carbonyl (C=O) groups is 1. The summed E-state index contributed by atoms with van der Waals surface area (Å²) in [6, 6.07) is 19.9. The van der Waals surface area contributed by atoms with Crippen LogP contribution in [0, 0.1) is 0 Å². The summed E-state index contributed by atoms with van der Waals surface area (Å²) in [5.74, 6) is -0.705. The van der Waals surface area contributed by atoms with E-state index in [2.05, 4.69) is 5.32 Å². The van der Waals surface area contributed by atoms with Gasteiger partial charge in [0.05, 0.1) is 29.9 Å². The van der Waals surface area contributed by atoms with Gasteiger partial charge in [-0.3, -0.25) is 0 Å². The Labute approximate surface area is 258 Å². The van der Waals surface area contributed by atoms with Crippen LogP contribution in [0.15, 0.2) is 78.9 Å². The van der Waals surface area contributed by atoms with Crippen molar-refractivity contribution < 1.29 is 45.3 Å². The molecule has 0 unspecified atom stereocenters. The van der Waals surface area contributed by atoms with Gasteiger partial charge in [0.2, 0.25) is 0 Å². The first-order valence-corrected chi connectivity index (χ1v) is 14.9. The van der Waals surface area contributed by atoms with Gasteiger partial charge < -0.3 is 19.5 Å². The minimum Gasteiger partial charge on any atom is -0.445 e. The highest BCUT2D eigenvalue weighted by molar-refractivity contribution is 5.68. The van der Waals surface area contributed by atoms with Crippen molar-refractivity contribution in [2.24, 2.45) is 0 Å². The summed E-state index contributed by atoms with van der Waals surface area (Å²) in [7, 11) is 0. The number of nitrogens with one attached hydrogen (secondary N) is 1. The minimum atomic E-state index is -4.95. The maximum atomic E-state index is 13.6. The van der Waals surface area contributed by atoms with Crippen LogP contribution in [-0.2, 0) is 38.7 Å². The van der Waals surface area contributed by atoms with E-state index in [4.69, 9.17) is 14.2 Å². The van der Waals surface area contributed by atoms with Crippen LogP contribution in [0.25, 0.3) is 0 Å². The second-order valence-corrected chi connectivity index (χ2v) is 11.3. The van der Waals surface area contributed by atoms with Gasteiger partial charge in [0, 0.05) is 0 Å². The fourth-order valence-electron chi connectivity index (χ4n) is 5.49. The molecule has 11 heteroatoms. The lowest BCUT2D eigenvalue weighted by Gasteiger charge is -2.37. The van der Waals surface area contributed by atoms with Crippen molar-refractivity contribution in [2.75, 3.05) is 13.2 Å². The van der Waals surface area contributed by atoms with E-state index in [1.165, 1.54) is 0 Å². The summed E-state index contributed by atoms with van der Waals surface area (Å²) < 4.78 is 98.4. The van der Waals surface area contributed by atoms with Crippen LogP contribution >= 0.6 is 0 Å². The zero-order valence-corrected chi connectivity index (χ0v) is 24.9. The molecule has 5 nitrogen and oxygen atoms in total. The van der Waals surface area contributed by atoms with E-state index < -0.39 is 47.3 Å². The number of hydrogen-bond donors (Lipinski definition) is 1. The van der Waals surface area contributed by atoms with Gasteiger partial charge in [0.1, 0.15) is 6.61 Å². The van der Waals surface area contributed by atoms with Crippen LogP contribution in [0.4, 0.5) is 31.1 Å². The molecule has 0 saturated carbocycles. The van der Waals surface area contributed by atoms with E-state index >= 15 is 0 Å². The average molecular weight is 638 g/mol. The lowest BCUT2D eigenvalue weighted by Crippen LogP contribution is -2.46. The maximum absolute atomic E-state index is 13.6. The zero-order chi connectivity index (χ0) is 32.5. The molecule has 244 valence electrons. The van der Waals surface area contributed by atoms with E-state index in [0.29, 0.717) is 32.5 Å². The van der Waals surface area contributed by atoms with Crippen LogP contribution in [0.3, 0.4) is 0 Å². The number of carbonyl (C=O) groups excluding carboxylic acids is 1. The van der Waals surface area contributed by atoms with Crippen molar-refractivity contribution in [1.29, 1.82) is 0 Å². The summed E-state index contributed by atoms with van der Waals surface area (Å²) in [4.78, 5) is 13.3. The smallest absolute Gasteiger partial charge is 0.416 e. The van der Waals surface area contributed by atoms with Crippen LogP contribution in [0.5, 0.6) is 0 Å². The zero-order valence-electron chi connectivity index (χ0n) is 24.9. The Balaban J connectivity index is 1.61. The van der Waals surface area contributed by atoms with Crippen molar-refractivity contribution in [3.8, 4) is 0 Å². The molecule has 4 rings (SSSR count). The molecule has 45 heavy (non-hydrogen) atoms. The predicted molar refractivity (Wildman–Crippen MR) is 156 cm³/mol. The first-order valence-electron chi connectivity index (χ1n) is 14.9. The van der Waals surface area contributed by atoms with Crippen molar-refractivity contribution in [1.82, 2.24) is 5.32 Å². The van der Waals surface area contributed by atoms with Crippen molar-refractivity contribution in [3.05, 3.63) is 107 Å². The molecular formula is C34H37F6NO4. The highest BCUT2D eigenvalue weighted by Gasteiger charge is 2.38. The maximum Gasteiger partial charge on any atom is 0.416 e. The van der Waals surface area contributed by atoms with Gasteiger partial charge in [-0.25, -0.2) is 4.79 Å². The third-order valence-corrected chi connectivity index (χ3v) is 8.00. The first kappa shape index (κ1) is 34.3. The summed E-state index contributed by atoms with van der Waals surface area (Å²) in [6.45, 7) is 2.75. The number of ether oxygens (including phenoxy) is 3. The molecular weight excluding hydrogens is 600 g/mol. The van der Waals surface area contributed by atoms with Crippen molar-refractivity contribution in [2.45, 2.75) is 82.2 Å². The highest BCUT2D eigenvalue weighted by atomic mass is 19.4. The fraction of sp³-hybridized carbons (Fsp3) is 0.441. The molecule has 1 heterocycles. The van der Waals surface area contributed by atoms with Gasteiger partial charge in [-0.2, -0.15) is 26.3 Å². The number of alkyl halides is 6. The molecule has 0 aliphatic carbocycles. The van der Waals surface area contributed by atoms with Crippen molar-refractivity contribution >= 4 is 6.09 Å². The number of rotatable bonds is 12. The normalized spacial score (nSPS) is 16.5. The Morgan fingerprint density at radius 1 is 0.844 bits per heavy atom. The Bertz CT molecular complexity index is 1330. The lowest BCUT2D eigenvalue weighted by molar-refractivity contribution is -0.182. The van der Waals surface area contributed by atoms with E-state index in [0.717, 1.165) is 29.7 Å². The second-order valence-electron chi connectivity index (χ2n) is 11.3. The van der Waals surface area contributed by atoms with Gasteiger partial charge >= 0.3 is 18.4 Å². The minimum absolute atomic E-state index is 0.0160. The largest absolute Gasteiger partial charge is 0.445 e. The second kappa shape index (κ2) is 15.1. The molecule has 1 aliphatic heterocycles. The molecule has 1 aliphatic rings. The number of halogens is 6. The standard InChI is InChI=1S/C34H37F6NO4/c1-24(26-20-28(33(35,36)37)22-29(21-26)34(38,39)40)15-17-32(27-12-6-3-7-13-27,16-8-14-30-43-18-9-19-44-30)41-31(42)45-23-25-10-4-2-5-11-25/h2-7,10-13,20-22,24,30H,8-9,14-19,23H2,1H3,(H,41,42)/t24-,32+/m0/s1. The topological polar surface area (TPSA) is 56.8 Å². The number of hydrogen-bond acceptors (Lipinski definition) is 4. The Morgan fingerprint density at radius 3 is 2.00 bits per heavy atom. The predicted octanol–water partition coefficient (Wildman–Crippen LogP) is 9.36. The third-order valence-electron chi connectivity index (χ3n) is 8.00. The monoisotopic (exact) mass is 637 g/mol. The molecule has 3 aromatic carbocycles. The van der Waals surface area contributed by atoms with Crippen LogP contribution < -0.4 is 5.32 Å². The van der Waals surface area contributed by atoms with Crippen LogP contribution in [0.1, 0.15) is 79.2 Å². The molecule has 1 fully saturated rings. The fourth-order valence-corrected chi connectivity index (χ4v) is 5.49. The number of benzene rings is 3. The molecule has 1 saturated heterocycles. The molecule has 3 aromatic rings. The first-order chi connectivity index (χ1) is 21.4. The highest BCUT2D eigenvalue weighted by Crippen LogP contribution is 2.40. The summed E-state index contributed by atoms with van der Waals surface area (Å²) in [6.07, 6.45) is -8.34. The Kier molecular flexibility index (Phi) is 11.5. The van der Waals surface area contributed by atoms with E-state index in [-0.39, 0.29) is 31.1 Å². The quantitative estimate of drug-likeness (QED) is 0.201. The molecule has 0 spiro atoms. The molecule has 0 aromatic heterocycles. The third kappa shape index (κ3) is 9.96.